The molecule has 1 aromatic heterocycles. The van der Waals surface area contributed by atoms with E-state index in [2.05, 4.69) is 18.3 Å². The zero-order chi connectivity index (χ0) is 12.4. The molecule has 0 spiro atoms. The molecule has 0 radical (unpaired) electrons. The first-order valence-electron chi connectivity index (χ1n) is 6.59. The summed E-state index contributed by atoms with van der Waals surface area (Å²) in [4.78, 5) is 0. The van der Waals surface area contributed by atoms with Crippen LogP contribution in [0.25, 0.3) is 0 Å². The van der Waals surface area contributed by atoms with Crippen LogP contribution in [0.15, 0.2) is 10.5 Å². The minimum atomic E-state index is -0.195. The van der Waals surface area contributed by atoms with E-state index in [1.54, 1.807) is 0 Å². The molecule has 17 heavy (non-hydrogen) atoms. The van der Waals surface area contributed by atoms with Crippen LogP contribution in [0.4, 0.5) is 0 Å². The van der Waals surface area contributed by atoms with Gasteiger partial charge in [0.25, 0.3) is 0 Å². The van der Waals surface area contributed by atoms with Crippen molar-refractivity contribution < 1.29 is 9.52 Å². The molecule has 0 bridgehead atoms. The number of aliphatic hydroxyl groups excluding tert-OH is 1. The van der Waals surface area contributed by atoms with Crippen LogP contribution in [0.2, 0.25) is 0 Å². The standard InChI is InChI=1S/C14H23NO2/c1-9-8-12(11(3)17-9)10(2)15-13-6-4-5-7-14(13)16/h8,10,13-16H,4-7H2,1-3H3/t10?,13-,14-/m1/s1. The number of aliphatic hydroxyl groups is 1. The Labute approximate surface area is 103 Å². The van der Waals surface area contributed by atoms with Gasteiger partial charge in [-0.25, -0.2) is 0 Å². The summed E-state index contributed by atoms with van der Waals surface area (Å²) in [5, 5.41) is 13.5. The van der Waals surface area contributed by atoms with E-state index in [1.165, 1.54) is 12.0 Å². The third-order valence-electron chi connectivity index (χ3n) is 3.74. The topological polar surface area (TPSA) is 45.4 Å². The van der Waals surface area contributed by atoms with E-state index in [0.717, 1.165) is 30.8 Å². The minimum absolute atomic E-state index is 0.195. The number of hydrogen-bond acceptors (Lipinski definition) is 3. The monoisotopic (exact) mass is 237 g/mol. The maximum atomic E-state index is 9.95. The summed E-state index contributed by atoms with van der Waals surface area (Å²) in [6, 6.07) is 2.56. The Kier molecular flexibility index (Phi) is 3.89. The first kappa shape index (κ1) is 12.7. The molecule has 1 fully saturated rings. The maximum Gasteiger partial charge on any atom is 0.105 e. The van der Waals surface area contributed by atoms with Crippen molar-refractivity contribution in [3.05, 3.63) is 23.2 Å². The van der Waals surface area contributed by atoms with Gasteiger partial charge >= 0.3 is 0 Å². The molecule has 3 heteroatoms. The van der Waals surface area contributed by atoms with Crippen molar-refractivity contribution in [1.29, 1.82) is 0 Å². The van der Waals surface area contributed by atoms with E-state index in [0.29, 0.717) is 0 Å². The van der Waals surface area contributed by atoms with Gasteiger partial charge in [-0.15, -0.1) is 0 Å². The molecule has 1 heterocycles. The van der Waals surface area contributed by atoms with Crippen molar-refractivity contribution in [3.63, 3.8) is 0 Å². The van der Waals surface area contributed by atoms with Gasteiger partial charge in [0.1, 0.15) is 11.5 Å². The van der Waals surface area contributed by atoms with Crippen molar-refractivity contribution in [2.45, 2.75) is 64.6 Å². The lowest BCUT2D eigenvalue weighted by atomic mass is 9.91. The van der Waals surface area contributed by atoms with Gasteiger partial charge in [-0.1, -0.05) is 12.8 Å². The van der Waals surface area contributed by atoms with Crippen molar-refractivity contribution in [2.75, 3.05) is 0 Å². The van der Waals surface area contributed by atoms with Gasteiger partial charge in [0.05, 0.1) is 6.10 Å². The minimum Gasteiger partial charge on any atom is -0.466 e. The lowest BCUT2D eigenvalue weighted by Crippen LogP contribution is -2.43. The highest BCUT2D eigenvalue weighted by Crippen LogP contribution is 2.25. The van der Waals surface area contributed by atoms with Gasteiger partial charge in [0.2, 0.25) is 0 Å². The molecule has 3 nitrogen and oxygen atoms in total. The van der Waals surface area contributed by atoms with Crippen LogP contribution in [0.1, 0.15) is 55.7 Å². The molecule has 1 aliphatic carbocycles. The first-order valence-corrected chi connectivity index (χ1v) is 6.59. The van der Waals surface area contributed by atoms with E-state index >= 15 is 0 Å². The second kappa shape index (κ2) is 5.23. The molecule has 1 aliphatic rings. The summed E-state index contributed by atoms with van der Waals surface area (Å²) >= 11 is 0. The van der Waals surface area contributed by atoms with Gasteiger partial charge in [0, 0.05) is 17.6 Å². The maximum absolute atomic E-state index is 9.95. The van der Waals surface area contributed by atoms with Gasteiger partial charge in [-0.05, 0) is 39.7 Å². The Morgan fingerprint density at radius 2 is 2.06 bits per heavy atom. The molecule has 1 saturated carbocycles. The molecule has 1 unspecified atom stereocenters. The Hall–Kier alpha value is -0.800. The van der Waals surface area contributed by atoms with E-state index in [4.69, 9.17) is 4.42 Å². The second-order valence-corrected chi connectivity index (χ2v) is 5.22. The fourth-order valence-corrected chi connectivity index (χ4v) is 2.80. The molecule has 1 aromatic rings. The normalized spacial score (nSPS) is 27.1. The number of nitrogens with one attached hydrogen (secondary N) is 1. The summed E-state index contributed by atoms with van der Waals surface area (Å²) in [5.41, 5.74) is 1.21. The second-order valence-electron chi connectivity index (χ2n) is 5.22. The first-order chi connectivity index (χ1) is 8.08. The van der Waals surface area contributed by atoms with Crippen LogP contribution < -0.4 is 5.32 Å². The van der Waals surface area contributed by atoms with Crippen molar-refractivity contribution in [3.8, 4) is 0 Å². The Morgan fingerprint density at radius 1 is 1.35 bits per heavy atom. The molecule has 3 atom stereocenters. The average molecular weight is 237 g/mol. The quantitative estimate of drug-likeness (QED) is 0.849. The molecule has 2 rings (SSSR count). The van der Waals surface area contributed by atoms with Gasteiger partial charge in [-0.3, -0.25) is 0 Å². The summed E-state index contributed by atoms with van der Waals surface area (Å²) in [6.07, 6.45) is 4.16. The largest absolute Gasteiger partial charge is 0.466 e. The van der Waals surface area contributed by atoms with Gasteiger partial charge < -0.3 is 14.8 Å². The summed E-state index contributed by atoms with van der Waals surface area (Å²) in [6.45, 7) is 6.11. The van der Waals surface area contributed by atoms with Gasteiger partial charge in [-0.2, -0.15) is 0 Å². The van der Waals surface area contributed by atoms with E-state index in [1.807, 2.05) is 13.8 Å². The summed E-state index contributed by atoms with van der Waals surface area (Å²) in [5.74, 6) is 1.93. The average Bonchev–Trinajstić information content (AvgIpc) is 2.61. The number of aryl methyl sites for hydroxylation is 2. The number of rotatable bonds is 3. The molecule has 0 aliphatic heterocycles. The molecule has 0 saturated heterocycles. The van der Waals surface area contributed by atoms with Crippen LogP contribution in [0, 0.1) is 13.8 Å². The SMILES string of the molecule is Cc1cc(C(C)N[C@@H]2CCCC[C@H]2O)c(C)o1. The fraction of sp³-hybridized carbons (Fsp3) is 0.714. The molecule has 0 amide bonds. The predicted molar refractivity (Wildman–Crippen MR) is 68.0 cm³/mol. The summed E-state index contributed by atoms with van der Waals surface area (Å²) < 4.78 is 5.55. The Balaban J connectivity index is 2.00. The Bertz CT molecular complexity index is 372. The smallest absolute Gasteiger partial charge is 0.105 e. The lowest BCUT2D eigenvalue weighted by Gasteiger charge is -2.31. The van der Waals surface area contributed by atoms with Crippen LogP contribution in [-0.4, -0.2) is 17.3 Å². The highest BCUT2D eigenvalue weighted by atomic mass is 16.3. The van der Waals surface area contributed by atoms with Gasteiger partial charge in [0.15, 0.2) is 0 Å². The molecular formula is C14H23NO2. The third kappa shape index (κ3) is 2.90. The third-order valence-corrected chi connectivity index (χ3v) is 3.74. The molecule has 0 aromatic carbocycles. The zero-order valence-electron chi connectivity index (χ0n) is 11.0. The van der Waals surface area contributed by atoms with Crippen molar-refractivity contribution >= 4 is 0 Å². The van der Waals surface area contributed by atoms with E-state index < -0.39 is 0 Å². The number of hydrogen-bond donors (Lipinski definition) is 2. The van der Waals surface area contributed by atoms with Crippen molar-refractivity contribution in [1.82, 2.24) is 5.32 Å². The van der Waals surface area contributed by atoms with E-state index in [-0.39, 0.29) is 18.2 Å². The lowest BCUT2D eigenvalue weighted by molar-refractivity contribution is 0.0859. The summed E-state index contributed by atoms with van der Waals surface area (Å²) in [7, 11) is 0. The van der Waals surface area contributed by atoms with Crippen LogP contribution in [0.5, 0.6) is 0 Å². The molecular weight excluding hydrogens is 214 g/mol. The molecule has 96 valence electrons. The van der Waals surface area contributed by atoms with Crippen LogP contribution in [0.3, 0.4) is 0 Å². The van der Waals surface area contributed by atoms with Crippen molar-refractivity contribution in [2.24, 2.45) is 0 Å². The number of furan rings is 1. The molecule has 2 N–H and O–H groups in total. The van der Waals surface area contributed by atoms with E-state index in [9.17, 15) is 5.11 Å². The predicted octanol–water partition coefficient (Wildman–Crippen LogP) is 2.85. The highest BCUT2D eigenvalue weighted by Gasteiger charge is 2.25. The van der Waals surface area contributed by atoms with Crippen LogP contribution >= 0.6 is 0 Å². The Morgan fingerprint density at radius 3 is 2.65 bits per heavy atom. The fourth-order valence-electron chi connectivity index (χ4n) is 2.80. The zero-order valence-corrected chi connectivity index (χ0v) is 11.0. The highest BCUT2D eigenvalue weighted by molar-refractivity contribution is 5.23. The van der Waals surface area contributed by atoms with Crippen LogP contribution in [-0.2, 0) is 0 Å².